The minimum Gasteiger partial charge on any atom is -0.388 e. The first kappa shape index (κ1) is 14.5. The maximum absolute atomic E-state index is 13.3. The molecular formula is C15H13BrClFO. The number of aliphatic hydroxyl groups excluding tert-OH is 1. The zero-order chi connectivity index (χ0) is 14.0. The standard InChI is InChI=1S/C15H13BrClFO/c1-9-2-3-10(14(17)4-9)7-15(19)11-5-12(16)8-13(18)6-11/h2-6,8,15,19H,7H2,1H3. The Labute approximate surface area is 125 Å². The van der Waals surface area contributed by atoms with Gasteiger partial charge in [-0.05, 0) is 47.9 Å². The van der Waals surface area contributed by atoms with E-state index in [1.54, 1.807) is 6.07 Å². The molecule has 2 rings (SSSR count). The molecule has 0 saturated carbocycles. The Morgan fingerprint density at radius 2 is 2.00 bits per heavy atom. The Balaban J connectivity index is 2.22. The molecule has 0 bridgehead atoms. The number of rotatable bonds is 3. The van der Waals surface area contributed by atoms with E-state index in [1.165, 1.54) is 12.1 Å². The Morgan fingerprint density at radius 3 is 2.63 bits per heavy atom. The molecule has 2 aromatic rings. The van der Waals surface area contributed by atoms with Gasteiger partial charge in [0.1, 0.15) is 5.82 Å². The van der Waals surface area contributed by atoms with Gasteiger partial charge >= 0.3 is 0 Å². The zero-order valence-corrected chi connectivity index (χ0v) is 12.7. The van der Waals surface area contributed by atoms with Gasteiger partial charge in [0.15, 0.2) is 0 Å². The molecule has 2 aromatic carbocycles. The quantitative estimate of drug-likeness (QED) is 0.846. The molecule has 4 heteroatoms. The molecule has 0 aromatic heterocycles. The van der Waals surface area contributed by atoms with Crippen molar-refractivity contribution in [3.05, 3.63) is 68.4 Å². The molecule has 0 saturated heterocycles. The van der Waals surface area contributed by atoms with E-state index in [9.17, 15) is 9.50 Å². The second-order valence-corrected chi connectivity index (χ2v) is 5.84. The van der Waals surface area contributed by atoms with Crippen molar-refractivity contribution in [1.82, 2.24) is 0 Å². The van der Waals surface area contributed by atoms with Crippen molar-refractivity contribution in [3.63, 3.8) is 0 Å². The van der Waals surface area contributed by atoms with E-state index in [0.29, 0.717) is 21.5 Å². The molecular weight excluding hydrogens is 331 g/mol. The van der Waals surface area contributed by atoms with Gasteiger partial charge < -0.3 is 5.11 Å². The molecule has 0 fully saturated rings. The Hall–Kier alpha value is -0.900. The molecule has 0 aliphatic heterocycles. The fourth-order valence-corrected chi connectivity index (χ4v) is 2.71. The molecule has 0 spiro atoms. The molecule has 1 nitrogen and oxygen atoms in total. The largest absolute Gasteiger partial charge is 0.388 e. The van der Waals surface area contributed by atoms with Crippen LogP contribution in [0.25, 0.3) is 0 Å². The summed E-state index contributed by atoms with van der Waals surface area (Å²) in [6.07, 6.45) is -0.429. The van der Waals surface area contributed by atoms with Crippen LogP contribution in [0, 0.1) is 12.7 Å². The van der Waals surface area contributed by atoms with Crippen molar-refractivity contribution in [2.45, 2.75) is 19.4 Å². The molecule has 1 unspecified atom stereocenters. The number of aryl methyl sites for hydroxylation is 1. The molecule has 1 N–H and O–H groups in total. The summed E-state index contributed by atoms with van der Waals surface area (Å²) >= 11 is 9.34. The lowest BCUT2D eigenvalue weighted by atomic mass is 10.0. The van der Waals surface area contributed by atoms with Gasteiger partial charge in [0.25, 0.3) is 0 Å². The summed E-state index contributed by atoms with van der Waals surface area (Å²) in [6.45, 7) is 1.95. The molecule has 100 valence electrons. The molecule has 0 amide bonds. The van der Waals surface area contributed by atoms with Crippen LogP contribution in [0.2, 0.25) is 5.02 Å². The first-order valence-corrected chi connectivity index (χ1v) is 7.02. The maximum Gasteiger partial charge on any atom is 0.124 e. The van der Waals surface area contributed by atoms with Crippen LogP contribution < -0.4 is 0 Å². The SMILES string of the molecule is Cc1ccc(CC(O)c2cc(F)cc(Br)c2)c(Cl)c1. The molecule has 19 heavy (non-hydrogen) atoms. The average Bonchev–Trinajstić information content (AvgIpc) is 2.31. The smallest absolute Gasteiger partial charge is 0.124 e. The van der Waals surface area contributed by atoms with Crippen LogP contribution in [-0.2, 0) is 6.42 Å². The van der Waals surface area contributed by atoms with Crippen molar-refractivity contribution in [2.24, 2.45) is 0 Å². The van der Waals surface area contributed by atoms with E-state index in [0.717, 1.165) is 11.1 Å². The second kappa shape index (κ2) is 6.04. The highest BCUT2D eigenvalue weighted by atomic mass is 79.9. The third kappa shape index (κ3) is 3.78. The van der Waals surface area contributed by atoms with Crippen LogP contribution in [0.3, 0.4) is 0 Å². The monoisotopic (exact) mass is 342 g/mol. The highest BCUT2D eigenvalue weighted by molar-refractivity contribution is 9.10. The topological polar surface area (TPSA) is 20.2 Å². The predicted octanol–water partition coefficient (Wildman–Crippen LogP) is 4.83. The second-order valence-electron chi connectivity index (χ2n) is 4.52. The molecule has 0 radical (unpaired) electrons. The molecule has 0 aliphatic carbocycles. The van der Waals surface area contributed by atoms with E-state index >= 15 is 0 Å². The summed E-state index contributed by atoms with van der Waals surface area (Å²) in [5.74, 6) is -0.376. The van der Waals surface area contributed by atoms with Gasteiger partial charge in [-0.1, -0.05) is 39.7 Å². The predicted molar refractivity (Wildman–Crippen MR) is 79.0 cm³/mol. The summed E-state index contributed by atoms with van der Waals surface area (Å²) in [7, 11) is 0. The van der Waals surface area contributed by atoms with Crippen molar-refractivity contribution >= 4 is 27.5 Å². The van der Waals surface area contributed by atoms with Gasteiger partial charge in [-0.15, -0.1) is 0 Å². The van der Waals surface area contributed by atoms with E-state index in [4.69, 9.17) is 11.6 Å². The molecule has 0 heterocycles. The molecule has 1 atom stereocenters. The van der Waals surface area contributed by atoms with Crippen molar-refractivity contribution in [1.29, 1.82) is 0 Å². The maximum atomic E-state index is 13.3. The minimum atomic E-state index is -0.785. The first-order chi connectivity index (χ1) is 8.95. The van der Waals surface area contributed by atoms with Crippen LogP contribution in [0.4, 0.5) is 4.39 Å². The van der Waals surface area contributed by atoms with E-state index < -0.39 is 6.10 Å². The van der Waals surface area contributed by atoms with Gasteiger partial charge in [0, 0.05) is 15.9 Å². The normalized spacial score (nSPS) is 12.5. The van der Waals surface area contributed by atoms with Gasteiger partial charge in [-0.3, -0.25) is 0 Å². The summed E-state index contributed by atoms with van der Waals surface area (Å²) in [5.41, 5.74) is 2.44. The van der Waals surface area contributed by atoms with Crippen LogP contribution in [0.5, 0.6) is 0 Å². The highest BCUT2D eigenvalue weighted by Crippen LogP contribution is 2.26. The number of hydrogen-bond acceptors (Lipinski definition) is 1. The van der Waals surface area contributed by atoms with Crippen LogP contribution in [-0.4, -0.2) is 5.11 Å². The van der Waals surface area contributed by atoms with Gasteiger partial charge in [-0.25, -0.2) is 4.39 Å². The fourth-order valence-electron chi connectivity index (χ4n) is 1.91. The molecule has 0 aliphatic rings. The Kier molecular flexibility index (Phi) is 4.61. The van der Waals surface area contributed by atoms with Crippen molar-refractivity contribution < 1.29 is 9.50 Å². The van der Waals surface area contributed by atoms with E-state index in [1.807, 2.05) is 25.1 Å². The minimum absolute atomic E-state index is 0.356. The van der Waals surface area contributed by atoms with Gasteiger partial charge in [0.2, 0.25) is 0 Å². The summed E-state index contributed by atoms with van der Waals surface area (Å²) in [4.78, 5) is 0. The number of benzene rings is 2. The van der Waals surface area contributed by atoms with Gasteiger partial charge in [0.05, 0.1) is 6.10 Å². The number of hydrogen-bond donors (Lipinski definition) is 1. The summed E-state index contributed by atoms with van der Waals surface area (Å²) in [6, 6.07) is 10.1. The fraction of sp³-hybridized carbons (Fsp3) is 0.200. The lowest BCUT2D eigenvalue weighted by molar-refractivity contribution is 0.178. The van der Waals surface area contributed by atoms with E-state index in [-0.39, 0.29) is 5.82 Å². The lowest BCUT2D eigenvalue weighted by Crippen LogP contribution is -2.03. The third-order valence-corrected chi connectivity index (χ3v) is 3.70. The highest BCUT2D eigenvalue weighted by Gasteiger charge is 2.12. The first-order valence-electron chi connectivity index (χ1n) is 5.85. The van der Waals surface area contributed by atoms with Gasteiger partial charge in [-0.2, -0.15) is 0 Å². The van der Waals surface area contributed by atoms with Crippen molar-refractivity contribution in [3.8, 4) is 0 Å². The summed E-state index contributed by atoms with van der Waals surface area (Å²) < 4.78 is 13.9. The lowest BCUT2D eigenvalue weighted by Gasteiger charge is -2.13. The zero-order valence-electron chi connectivity index (χ0n) is 10.3. The van der Waals surface area contributed by atoms with Crippen molar-refractivity contribution in [2.75, 3.05) is 0 Å². The Morgan fingerprint density at radius 1 is 1.26 bits per heavy atom. The van der Waals surface area contributed by atoms with E-state index in [2.05, 4.69) is 15.9 Å². The summed E-state index contributed by atoms with van der Waals surface area (Å²) in [5, 5.41) is 10.8. The number of aliphatic hydroxyl groups is 1. The third-order valence-electron chi connectivity index (χ3n) is 2.89. The Bertz CT molecular complexity index is 580. The van der Waals surface area contributed by atoms with Crippen LogP contribution >= 0.6 is 27.5 Å². The van der Waals surface area contributed by atoms with Crippen LogP contribution in [0.1, 0.15) is 22.8 Å². The average molecular weight is 344 g/mol. The van der Waals surface area contributed by atoms with Crippen LogP contribution in [0.15, 0.2) is 40.9 Å². The number of halogens is 3.